The van der Waals surface area contributed by atoms with Gasteiger partial charge in [0.25, 0.3) is 0 Å². The fourth-order valence-electron chi connectivity index (χ4n) is 2.28. The number of ether oxygens (including phenoxy) is 4. The molecule has 0 fully saturated rings. The Morgan fingerprint density at radius 2 is 1.22 bits per heavy atom. The van der Waals surface area contributed by atoms with Crippen LogP contribution in [0, 0.1) is 5.41 Å². The van der Waals surface area contributed by atoms with E-state index in [9.17, 15) is 19.2 Å². The van der Waals surface area contributed by atoms with Crippen molar-refractivity contribution in [1.82, 2.24) is 0 Å². The topological polar surface area (TPSA) is 105 Å². The Morgan fingerprint density at radius 3 is 1.56 bits per heavy atom. The summed E-state index contributed by atoms with van der Waals surface area (Å²) in [7, 11) is 1.21. The second-order valence-electron chi connectivity index (χ2n) is 6.77. The summed E-state index contributed by atoms with van der Waals surface area (Å²) in [5.74, 6) is -2.29. The molecule has 0 heterocycles. The van der Waals surface area contributed by atoms with E-state index in [1.54, 1.807) is 12.2 Å². The van der Waals surface area contributed by atoms with Gasteiger partial charge in [-0.2, -0.15) is 0 Å². The van der Waals surface area contributed by atoms with Gasteiger partial charge in [-0.1, -0.05) is 51.5 Å². The number of rotatable bonds is 16. The van der Waals surface area contributed by atoms with Gasteiger partial charge in [-0.25, -0.2) is 0 Å². The fourth-order valence-corrected chi connectivity index (χ4v) is 2.28. The molecule has 8 heteroatoms. The molecular weight excluding hydrogens is 416 g/mol. The minimum absolute atomic E-state index is 0.121. The zero-order valence-corrected chi connectivity index (χ0v) is 19.7. The molecule has 0 radical (unpaired) electrons. The summed E-state index contributed by atoms with van der Waals surface area (Å²) < 4.78 is 19.2. The summed E-state index contributed by atoms with van der Waals surface area (Å²) in [6, 6.07) is 0. The smallest absolute Gasteiger partial charge is 0.324 e. The van der Waals surface area contributed by atoms with Crippen LogP contribution in [0.25, 0.3) is 0 Å². The number of esters is 4. The normalized spacial score (nSPS) is 9.97. The Labute approximate surface area is 191 Å². The van der Waals surface area contributed by atoms with Gasteiger partial charge in [0.1, 0.15) is 13.0 Å². The molecule has 0 aliphatic rings. The lowest BCUT2D eigenvalue weighted by molar-refractivity contribution is -0.172. The monoisotopic (exact) mass is 454 g/mol. The molecule has 0 aromatic heterocycles. The summed E-state index contributed by atoms with van der Waals surface area (Å²) >= 11 is 0. The number of unbranched alkanes of at least 4 members (excludes halogenated alkanes) is 2. The lowest BCUT2D eigenvalue weighted by atomic mass is 9.81. The highest BCUT2D eigenvalue weighted by Gasteiger charge is 2.47. The predicted octanol–water partition coefficient (Wildman–Crippen LogP) is 4.09. The summed E-state index contributed by atoms with van der Waals surface area (Å²) in [5, 5.41) is 0. The lowest BCUT2D eigenvalue weighted by Crippen LogP contribution is -2.41. The van der Waals surface area contributed by atoms with Gasteiger partial charge in [-0.05, 0) is 25.7 Å². The van der Waals surface area contributed by atoms with E-state index >= 15 is 0 Å². The van der Waals surface area contributed by atoms with Crippen LogP contribution in [0.2, 0.25) is 0 Å². The Morgan fingerprint density at radius 1 is 0.750 bits per heavy atom. The van der Waals surface area contributed by atoms with E-state index in [0.717, 1.165) is 25.7 Å². The van der Waals surface area contributed by atoms with Gasteiger partial charge < -0.3 is 18.9 Å². The van der Waals surface area contributed by atoms with E-state index in [0.29, 0.717) is 13.2 Å². The molecule has 0 atom stereocenters. The second kappa shape index (κ2) is 20.0. The third kappa shape index (κ3) is 13.4. The van der Waals surface area contributed by atoms with Gasteiger partial charge in [0.05, 0.1) is 20.3 Å². The summed E-state index contributed by atoms with van der Waals surface area (Å²) in [6.45, 7) is 15.4. The molecule has 0 rings (SSSR count). The molecule has 0 aromatic rings. The van der Waals surface area contributed by atoms with Crippen LogP contribution >= 0.6 is 0 Å². The van der Waals surface area contributed by atoms with Crippen LogP contribution < -0.4 is 0 Å². The van der Waals surface area contributed by atoms with Gasteiger partial charge >= 0.3 is 23.9 Å². The maximum Gasteiger partial charge on any atom is 0.324 e. The number of methoxy groups -OCH3 is 1. The molecule has 0 N–H and O–H groups in total. The molecule has 8 nitrogen and oxygen atoms in total. The predicted molar refractivity (Wildman–Crippen MR) is 122 cm³/mol. The Bertz CT molecular complexity index is 575. The first-order valence-corrected chi connectivity index (χ1v) is 10.7. The first-order valence-electron chi connectivity index (χ1n) is 10.7. The van der Waals surface area contributed by atoms with Crippen LogP contribution in [0.3, 0.4) is 0 Å². The lowest BCUT2D eigenvalue weighted by Gasteiger charge is -2.27. The van der Waals surface area contributed by atoms with Crippen molar-refractivity contribution >= 4 is 23.9 Å². The maximum absolute atomic E-state index is 12.4. The van der Waals surface area contributed by atoms with E-state index < -0.39 is 29.3 Å². The standard InChI is InChI=1S/C17H28O4.C7H10O4/c1-5-9-13-20-15(18)17(11-7-3,12-8-4)16(19)21-14-10-6-2;1-3-4-11-7(9)5-6(8)10-2/h7-8H,3-6,9-14H2,1-2H3;3H,1,4-5H2,2H3. The highest BCUT2D eigenvalue weighted by Crippen LogP contribution is 2.32. The molecule has 32 heavy (non-hydrogen) atoms. The molecule has 0 saturated heterocycles. The molecule has 0 saturated carbocycles. The van der Waals surface area contributed by atoms with Crippen molar-refractivity contribution in [1.29, 1.82) is 0 Å². The fraction of sp³-hybridized carbons (Fsp3) is 0.583. The van der Waals surface area contributed by atoms with Crippen molar-refractivity contribution in [3.8, 4) is 0 Å². The molecule has 0 aromatic carbocycles. The van der Waals surface area contributed by atoms with Crippen molar-refractivity contribution in [2.75, 3.05) is 26.9 Å². The third-order valence-corrected chi connectivity index (χ3v) is 4.11. The summed E-state index contributed by atoms with van der Waals surface area (Å²) in [4.78, 5) is 45.8. The van der Waals surface area contributed by atoms with Crippen LogP contribution in [0.1, 0.15) is 58.8 Å². The minimum atomic E-state index is -1.34. The first kappa shape index (κ1) is 31.3. The van der Waals surface area contributed by atoms with Crippen LogP contribution in [-0.4, -0.2) is 50.8 Å². The first-order chi connectivity index (χ1) is 15.3. The molecule has 0 unspecified atom stereocenters. The Balaban J connectivity index is 0. The van der Waals surface area contributed by atoms with Gasteiger partial charge in [-0.15, -0.1) is 13.2 Å². The highest BCUT2D eigenvalue weighted by atomic mass is 16.6. The SMILES string of the molecule is C=CCC(CC=C)(C(=O)OCCCC)C(=O)OCCCC.C=CCOC(=O)CC(=O)OC. The molecule has 182 valence electrons. The van der Waals surface area contributed by atoms with E-state index in [1.807, 2.05) is 13.8 Å². The number of carbonyl (C=O) groups is 4. The van der Waals surface area contributed by atoms with Gasteiger partial charge in [0.15, 0.2) is 5.41 Å². The zero-order valence-electron chi connectivity index (χ0n) is 19.7. The van der Waals surface area contributed by atoms with E-state index in [2.05, 4.69) is 29.2 Å². The van der Waals surface area contributed by atoms with Crippen LogP contribution in [-0.2, 0) is 38.1 Å². The maximum atomic E-state index is 12.4. The van der Waals surface area contributed by atoms with Gasteiger partial charge in [0, 0.05) is 0 Å². The average molecular weight is 455 g/mol. The largest absolute Gasteiger partial charge is 0.469 e. The van der Waals surface area contributed by atoms with E-state index in [1.165, 1.54) is 13.2 Å². The summed E-state index contributed by atoms with van der Waals surface area (Å²) in [6.07, 6.45) is 7.94. The Kier molecular flexibility index (Phi) is 19.6. The molecule has 0 aliphatic heterocycles. The Hall–Kier alpha value is -2.90. The second-order valence-corrected chi connectivity index (χ2v) is 6.77. The van der Waals surface area contributed by atoms with E-state index in [-0.39, 0.29) is 25.9 Å². The van der Waals surface area contributed by atoms with Crippen LogP contribution in [0.15, 0.2) is 38.0 Å². The highest BCUT2D eigenvalue weighted by molar-refractivity contribution is 6.00. The number of allylic oxidation sites excluding steroid dienone is 2. The van der Waals surface area contributed by atoms with Crippen LogP contribution in [0.5, 0.6) is 0 Å². The van der Waals surface area contributed by atoms with Crippen molar-refractivity contribution in [3.63, 3.8) is 0 Å². The molecule has 0 spiro atoms. The zero-order chi connectivity index (χ0) is 24.8. The number of hydrogen-bond acceptors (Lipinski definition) is 8. The molecule has 0 bridgehead atoms. The van der Waals surface area contributed by atoms with Crippen molar-refractivity contribution in [2.45, 2.75) is 58.8 Å². The van der Waals surface area contributed by atoms with Crippen LogP contribution in [0.4, 0.5) is 0 Å². The van der Waals surface area contributed by atoms with Gasteiger partial charge in [0.2, 0.25) is 0 Å². The van der Waals surface area contributed by atoms with Gasteiger partial charge in [-0.3, -0.25) is 19.2 Å². The quantitative estimate of drug-likeness (QED) is 0.113. The number of hydrogen-bond donors (Lipinski definition) is 0. The third-order valence-electron chi connectivity index (χ3n) is 4.11. The molecule has 0 amide bonds. The minimum Gasteiger partial charge on any atom is -0.469 e. The van der Waals surface area contributed by atoms with Crippen molar-refractivity contribution in [2.24, 2.45) is 5.41 Å². The average Bonchev–Trinajstić information content (AvgIpc) is 2.77. The molecule has 0 aliphatic carbocycles. The molecular formula is C24H38O8. The number of carbonyl (C=O) groups excluding carboxylic acids is 4. The summed E-state index contributed by atoms with van der Waals surface area (Å²) in [5.41, 5.74) is -1.34. The van der Waals surface area contributed by atoms with Crippen molar-refractivity contribution < 1.29 is 38.1 Å². The van der Waals surface area contributed by atoms with E-state index in [4.69, 9.17) is 9.47 Å². The van der Waals surface area contributed by atoms with Crippen molar-refractivity contribution in [3.05, 3.63) is 38.0 Å².